The molecular formula is C20H28O3. The van der Waals surface area contributed by atoms with E-state index in [1.165, 1.54) is 16.7 Å². The van der Waals surface area contributed by atoms with E-state index in [9.17, 15) is 9.90 Å². The second-order valence-corrected chi connectivity index (χ2v) is 7.94. The average Bonchev–Trinajstić information content (AvgIpc) is 3.03. The van der Waals surface area contributed by atoms with Crippen molar-refractivity contribution in [3.8, 4) is 0 Å². The minimum atomic E-state index is -0.648. The van der Waals surface area contributed by atoms with Crippen LogP contribution in [0.1, 0.15) is 64.9 Å². The Morgan fingerprint density at radius 1 is 1.35 bits per heavy atom. The van der Waals surface area contributed by atoms with Gasteiger partial charge in [0.1, 0.15) is 0 Å². The van der Waals surface area contributed by atoms with Gasteiger partial charge in [0, 0.05) is 0 Å². The van der Waals surface area contributed by atoms with E-state index in [2.05, 4.69) is 13.8 Å². The lowest BCUT2D eigenvalue weighted by Crippen LogP contribution is -2.41. The van der Waals surface area contributed by atoms with E-state index in [-0.39, 0.29) is 5.41 Å². The highest BCUT2D eigenvalue weighted by atomic mass is 16.4. The Labute approximate surface area is 138 Å². The highest BCUT2D eigenvalue weighted by molar-refractivity contribution is 5.79. The van der Waals surface area contributed by atoms with Gasteiger partial charge in [-0.15, -0.1) is 0 Å². The van der Waals surface area contributed by atoms with Crippen molar-refractivity contribution < 1.29 is 14.3 Å². The Hall–Kier alpha value is -1.51. The molecule has 0 aliphatic heterocycles. The SMILES string of the molecule is C[C@H]1CCC2=C(CCC[C@]2(C)C(=O)O)[C@@]1(C)CCc1ccoc1. The molecule has 3 nitrogen and oxygen atoms in total. The van der Waals surface area contributed by atoms with Gasteiger partial charge in [0.25, 0.3) is 0 Å². The van der Waals surface area contributed by atoms with E-state index in [4.69, 9.17) is 4.42 Å². The summed E-state index contributed by atoms with van der Waals surface area (Å²) >= 11 is 0. The number of hydrogen-bond donors (Lipinski definition) is 1. The van der Waals surface area contributed by atoms with Gasteiger partial charge in [-0.05, 0) is 74.8 Å². The maximum absolute atomic E-state index is 11.9. The van der Waals surface area contributed by atoms with Crippen molar-refractivity contribution in [3.63, 3.8) is 0 Å². The van der Waals surface area contributed by atoms with Crippen LogP contribution in [-0.4, -0.2) is 11.1 Å². The van der Waals surface area contributed by atoms with Crippen LogP contribution in [0.3, 0.4) is 0 Å². The molecule has 0 spiro atoms. The normalized spacial score (nSPS) is 34.3. The molecule has 0 radical (unpaired) electrons. The van der Waals surface area contributed by atoms with E-state index in [0.717, 1.165) is 44.9 Å². The zero-order valence-corrected chi connectivity index (χ0v) is 14.5. The largest absolute Gasteiger partial charge is 0.481 e. The zero-order chi connectivity index (χ0) is 16.7. The van der Waals surface area contributed by atoms with Crippen LogP contribution in [0.15, 0.2) is 34.2 Å². The highest BCUT2D eigenvalue weighted by Gasteiger charge is 2.48. The van der Waals surface area contributed by atoms with Gasteiger partial charge in [0.15, 0.2) is 0 Å². The molecule has 0 saturated carbocycles. The summed E-state index contributed by atoms with van der Waals surface area (Å²) in [6.45, 7) is 6.64. The van der Waals surface area contributed by atoms with Crippen LogP contribution in [0.4, 0.5) is 0 Å². The number of rotatable bonds is 4. The van der Waals surface area contributed by atoms with Crippen LogP contribution in [0.25, 0.3) is 0 Å². The maximum Gasteiger partial charge on any atom is 0.313 e. The Morgan fingerprint density at radius 3 is 2.78 bits per heavy atom. The Balaban J connectivity index is 1.95. The first kappa shape index (κ1) is 16.4. The number of furan rings is 1. The zero-order valence-electron chi connectivity index (χ0n) is 14.5. The third kappa shape index (κ3) is 2.64. The lowest BCUT2D eigenvalue weighted by atomic mass is 9.55. The minimum Gasteiger partial charge on any atom is -0.481 e. The van der Waals surface area contributed by atoms with Gasteiger partial charge in [0.05, 0.1) is 17.9 Å². The summed E-state index contributed by atoms with van der Waals surface area (Å²) in [5.74, 6) is -0.0410. The van der Waals surface area contributed by atoms with E-state index in [1.807, 2.05) is 19.3 Å². The molecule has 2 aliphatic rings. The van der Waals surface area contributed by atoms with E-state index in [0.29, 0.717) is 5.92 Å². The summed E-state index contributed by atoms with van der Waals surface area (Å²) < 4.78 is 5.20. The second kappa shape index (κ2) is 5.85. The molecular weight excluding hydrogens is 288 g/mol. The number of carbonyl (C=O) groups is 1. The molecule has 1 aromatic rings. The molecule has 0 aromatic carbocycles. The Kier molecular flexibility index (Phi) is 4.16. The standard InChI is InChI=1S/C20H28O3/c1-14-6-7-17-16(5-4-10-20(17,3)18(21)22)19(14,2)11-8-15-9-12-23-13-15/h9,12-14H,4-8,10-11H2,1-3H3,(H,21,22)/t14-,19-,20-/m0/s1. The molecule has 0 fully saturated rings. The summed E-state index contributed by atoms with van der Waals surface area (Å²) in [4.78, 5) is 11.9. The van der Waals surface area contributed by atoms with Crippen molar-refractivity contribution in [3.05, 3.63) is 35.3 Å². The molecule has 0 unspecified atom stereocenters. The molecule has 1 N–H and O–H groups in total. The molecule has 0 bridgehead atoms. The van der Waals surface area contributed by atoms with Crippen LogP contribution in [0.2, 0.25) is 0 Å². The fourth-order valence-corrected chi connectivity index (χ4v) is 4.76. The van der Waals surface area contributed by atoms with Crippen molar-refractivity contribution in [2.75, 3.05) is 0 Å². The highest BCUT2D eigenvalue weighted by Crippen LogP contribution is 2.56. The van der Waals surface area contributed by atoms with Crippen LogP contribution in [-0.2, 0) is 11.2 Å². The predicted octanol–water partition coefficient (Wildman–Crippen LogP) is 5.22. The van der Waals surface area contributed by atoms with Gasteiger partial charge < -0.3 is 9.52 Å². The van der Waals surface area contributed by atoms with Gasteiger partial charge >= 0.3 is 5.97 Å². The first-order valence-corrected chi connectivity index (χ1v) is 8.85. The first-order valence-electron chi connectivity index (χ1n) is 8.85. The molecule has 1 heterocycles. The van der Waals surface area contributed by atoms with E-state index >= 15 is 0 Å². The summed E-state index contributed by atoms with van der Waals surface area (Å²) in [6.07, 6.45) is 10.5. The summed E-state index contributed by atoms with van der Waals surface area (Å²) in [7, 11) is 0. The van der Waals surface area contributed by atoms with Gasteiger partial charge in [0.2, 0.25) is 0 Å². The van der Waals surface area contributed by atoms with E-state index in [1.54, 1.807) is 6.26 Å². The van der Waals surface area contributed by atoms with Crippen molar-refractivity contribution >= 4 is 5.97 Å². The second-order valence-electron chi connectivity index (χ2n) is 7.94. The maximum atomic E-state index is 11.9. The third-order valence-electron chi connectivity index (χ3n) is 6.72. The monoisotopic (exact) mass is 316 g/mol. The van der Waals surface area contributed by atoms with Crippen molar-refractivity contribution in [1.82, 2.24) is 0 Å². The predicted molar refractivity (Wildman–Crippen MR) is 90.2 cm³/mol. The smallest absolute Gasteiger partial charge is 0.313 e. The Morgan fingerprint density at radius 2 is 2.13 bits per heavy atom. The molecule has 126 valence electrons. The van der Waals surface area contributed by atoms with Crippen LogP contribution < -0.4 is 0 Å². The summed E-state index contributed by atoms with van der Waals surface area (Å²) in [6, 6.07) is 2.04. The fourth-order valence-electron chi connectivity index (χ4n) is 4.76. The van der Waals surface area contributed by atoms with Gasteiger partial charge in [-0.3, -0.25) is 4.79 Å². The van der Waals surface area contributed by atoms with E-state index < -0.39 is 11.4 Å². The van der Waals surface area contributed by atoms with Gasteiger partial charge in [-0.1, -0.05) is 25.0 Å². The van der Waals surface area contributed by atoms with Crippen molar-refractivity contribution in [1.29, 1.82) is 0 Å². The number of carboxylic acid groups (broad SMARTS) is 1. The van der Waals surface area contributed by atoms with Crippen molar-refractivity contribution in [2.45, 2.75) is 65.7 Å². The lowest BCUT2D eigenvalue weighted by Gasteiger charge is -2.49. The molecule has 2 aliphatic carbocycles. The fraction of sp³-hybridized carbons (Fsp3) is 0.650. The first-order chi connectivity index (χ1) is 10.9. The van der Waals surface area contributed by atoms with Crippen LogP contribution in [0.5, 0.6) is 0 Å². The molecule has 3 rings (SSSR count). The number of allylic oxidation sites excluding steroid dienone is 1. The summed E-state index contributed by atoms with van der Waals surface area (Å²) in [5, 5.41) is 9.81. The van der Waals surface area contributed by atoms with Crippen LogP contribution in [0, 0.1) is 16.7 Å². The van der Waals surface area contributed by atoms with Gasteiger partial charge in [-0.2, -0.15) is 0 Å². The van der Waals surface area contributed by atoms with Gasteiger partial charge in [-0.25, -0.2) is 0 Å². The molecule has 23 heavy (non-hydrogen) atoms. The third-order valence-corrected chi connectivity index (χ3v) is 6.72. The molecule has 3 atom stereocenters. The van der Waals surface area contributed by atoms with Crippen molar-refractivity contribution in [2.24, 2.45) is 16.7 Å². The quantitative estimate of drug-likeness (QED) is 0.775. The van der Waals surface area contributed by atoms with Crippen LogP contribution >= 0.6 is 0 Å². The summed E-state index contributed by atoms with van der Waals surface area (Å²) in [5.41, 5.74) is 3.40. The number of carboxylic acids is 1. The molecule has 0 saturated heterocycles. The Bertz CT molecular complexity index is 613. The average molecular weight is 316 g/mol. The molecule has 1 aromatic heterocycles. The molecule has 0 amide bonds. The number of aliphatic carboxylic acids is 1. The molecule has 3 heteroatoms. The minimum absolute atomic E-state index is 0.113. The number of aryl methyl sites for hydroxylation is 1. The number of hydrogen-bond acceptors (Lipinski definition) is 2. The topological polar surface area (TPSA) is 50.4 Å². The lowest BCUT2D eigenvalue weighted by molar-refractivity contribution is -0.146.